The first-order chi connectivity index (χ1) is 14.6. The Labute approximate surface area is 196 Å². The largest absolute Gasteiger partial charge is 0.462 e. The standard InChI is InChI=1S/C26H39BrO4/c1-15(14-27)21-8-9-22-20-7-6-18-12-19(30-16(2)28)10-11-25(18,4)24(20)23(31-17(3)29)13-26(21,22)5/h6,15,19-24H,7-14H2,1-5H3/t15-,19+,20+,21-,22+,23-,24-,25+,26-/m1/s1. The maximum absolute atomic E-state index is 12.2. The van der Waals surface area contributed by atoms with E-state index in [0.717, 1.165) is 37.4 Å². The van der Waals surface area contributed by atoms with Gasteiger partial charge in [-0.1, -0.05) is 48.4 Å². The number of hydrogen-bond donors (Lipinski definition) is 0. The zero-order valence-electron chi connectivity index (χ0n) is 19.8. The minimum absolute atomic E-state index is 0.00922. The van der Waals surface area contributed by atoms with Gasteiger partial charge < -0.3 is 9.47 Å². The zero-order chi connectivity index (χ0) is 22.6. The summed E-state index contributed by atoms with van der Waals surface area (Å²) in [6.07, 6.45) is 9.79. The maximum Gasteiger partial charge on any atom is 0.302 e. The van der Waals surface area contributed by atoms with Crippen LogP contribution in [-0.4, -0.2) is 29.5 Å². The summed E-state index contributed by atoms with van der Waals surface area (Å²) < 4.78 is 11.7. The molecule has 4 aliphatic carbocycles. The third kappa shape index (κ3) is 3.91. The molecule has 0 radical (unpaired) electrons. The van der Waals surface area contributed by atoms with Crippen LogP contribution in [0.25, 0.3) is 0 Å². The molecule has 0 bridgehead atoms. The normalized spacial score (nSPS) is 44.9. The Hall–Kier alpha value is -0.840. The molecular formula is C26H39BrO4. The highest BCUT2D eigenvalue weighted by Crippen LogP contribution is 2.67. The Kier molecular flexibility index (Phi) is 6.39. The second-order valence-electron chi connectivity index (χ2n) is 11.3. The predicted molar refractivity (Wildman–Crippen MR) is 125 cm³/mol. The minimum Gasteiger partial charge on any atom is -0.462 e. The Morgan fingerprint density at radius 3 is 2.52 bits per heavy atom. The number of rotatable bonds is 4. The second-order valence-corrected chi connectivity index (χ2v) is 12.0. The Bertz CT molecular complexity index is 763. The molecule has 4 nitrogen and oxygen atoms in total. The van der Waals surface area contributed by atoms with Gasteiger partial charge in [0.2, 0.25) is 0 Å². The summed E-state index contributed by atoms with van der Waals surface area (Å²) in [5.74, 6) is 2.59. The Morgan fingerprint density at radius 1 is 1.16 bits per heavy atom. The van der Waals surface area contributed by atoms with Gasteiger partial charge in [-0.3, -0.25) is 9.59 Å². The summed E-state index contributed by atoms with van der Waals surface area (Å²) in [4.78, 5) is 23.7. The van der Waals surface area contributed by atoms with E-state index in [2.05, 4.69) is 42.8 Å². The van der Waals surface area contributed by atoms with Gasteiger partial charge in [0, 0.05) is 31.5 Å². The molecule has 0 amide bonds. The molecular weight excluding hydrogens is 456 g/mol. The van der Waals surface area contributed by atoms with E-state index in [0.29, 0.717) is 29.6 Å². The summed E-state index contributed by atoms with van der Waals surface area (Å²) >= 11 is 3.74. The number of ether oxygens (including phenoxy) is 2. The van der Waals surface area contributed by atoms with Gasteiger partial charge in [0.1, 0.15) is 12.2 Å². The molecule has 0 N–H and O–H groups in total. The third-order valence-electron chi connectivity index (χ3n) is 9.62. The zero-order valence-corrected chi connectivity index (χ0v) is 21.4. The number of fused-ring (bicyclic) bond motifs is 5. The Morgan fingerprint density at radius 2 is 1.87 bits per heavy atom. The van der Waals surface area contributed by atoms with Crippen LogP contribution in [0.1, 0.15) is 79.6 Å². The molecule has 31 heavy (non-hydrogen) atoms. The fraction of sp³-hybridized carbons (Fsp3) is 0.846. The number of carbonyl (C=O) groups excluding carboxylic acids is 2. The summed E-state index contributed by atoms with van der Waals surface area (Å²) in [6.45, 7) is 10.3. The number of esters is 2. The average molecular weight is 495 g/mol. The van der Waals surface area contributed by atoms with Crippen LogP contribution in [-0.2, 0) is 19.1 Å². The smallest absolute Gasteiger partial charge is 0.302 e. The van der Waals surface area contributed by atoms with Crippen LogP contribution in [0.4, 0.5) is 0 Å². The fourth-order valence-electron chi connectivity index (χ4n) is 8.46. The van der Waals surface area contributed by atoms with Crippen molar-refractivity contribution in [1.29, 1.82) is 0 Å². The van der Waals surface area contributed by atoms with Crippen molar-refractivity contribution in [3.05, 3.63) is 11.6 Å². The molecule has 0 saturated heterocycles. The molecule has 0 aromatic heterocycles. The van der Waals surface area contributed by atoms with E-state index in [4.69, 9.17) is 9.47 Å². The van der Waals surface area contributed by atoms with E-state index >= 15 is 0 Å². The van der Waals surface area contributed by atoms with Crippen molar-refractivity contribution in [3.8, 4) is 0 Å². The molecule has 9 atom stereocenters. The van der Waals surface area contributed by atoms with Gasteiger partial charge in [0.05, 0.1) is 0 Å². The van der Waals surface area contributed by atoms with Crippen molar-refractivity contribution in [2.45, 2.75) is 91.8 Å². The minimum atomic E-state index is -0.188. The number of carbonyl (C=O) groups is 2. The van der Waals surface area contributed by atoms with Crippen LogP contribution in [0.15, 0.2) is 11.6 Å². The molecule has 3 saturated carbocycles. The quantitative estimate of drug-likeness (QED) is 0.270. The number of hydrogen-bond acceptors (Lipinski definition) is 4. The topological polar surface area (TPSA) is 52.6 Å². The van der Waals surface area contributed by atoms with Crippen molar-refractivity contribution in [1.82, 2.24) is 0 Å². The van der Waals surface area contributed by atoms with E-state index in [-0.39, 0.29) is 35.0 Å². The SMILES string of the molecule is CC(=O)O[C@H]1CC[C@@]2(C)C(=CC[C@@H]3[C@@H]2[C@H](OC(C)=O)C[C@]2(C)[C@@H]([C@H](C)CBr)CC[C@@H]32)C1. The van der Waals surface area contributed by atoms with Crippen molar-refractivity contribution in [2.75, 3.05) is 5.33 Å². The first kappa shape index (κ1) is 23.3. The lowest BCUT2D eigenvalue weighted by Crippen LogP contribution is -2.57. The van der Waals surface area contributed by atoms with Gasteiger partial charge in [0.25, 0.3) is 0 Å². The molecule has 174 valence electrons. The monoisotopic (exact) mass is 494 g/mol. The first-order valence-electron chi connectivity index (χ1n) is 12.2. The Balaban J connectivity index is 1.68. The lowest BCUT2D eigenvalue weighted by molar-refractivity contribution is -0.176. The van der Waals surface area contributed by atoms with Gasteiger partial charge in [-0.05, 0) is 73.0 Å². The molecule has 0 unspecified atom stereocenters. The van der Waals surface area contributed by atoms with E-state index in [9.17, 15) is 9.59 Å². The van der Waals surface area contributed by atoms with E-state index < -0.39 is 0 Å². The summed E-state index contributed by atoms with van der Waals surface area (Å²) in [5, 5.41) is 1.03. The summed E-state index contributed by atoms with van der Waals surface area (Å²) in [7, 11) is 0. The molecule has 0 spiro atoms. The third-order valence-corrected chi connectivity index (χ3v) is 10.6. The van der Waals surface area contributed by atoms with E-state index in [1.165, 1.54) is 25.3 Å². The molecule has 3 fully saturated rings. The predicted octanol–water partition coefficient (Wildman–Crippen LogP) is 6.07. The molecule has 4 aliphatic rings. The van der Waals surface area contributed by atoms with Crippen LogP contribution >= 0.6 is 15.9 Å². The molecule has 0 aliphatic heterocycles. The summed E-state index contributed by atoms with van der Waals surface area (Å²) in [5.41, 5.74) is 1.68. The number of alkyl halides is 1. The van der Waals surface area contributed by atoms with Crippen molar-refractivity contribution in [3.63, 3.8) is 0 Å². The van der Waals surface area contributed by atoms with Crippen LogP contribution in [0.2, 0.25) is 0 Å². The number of halogens is 1. The van der Waals surface area contributed by atoms with Crippen LogP contribution in [0.3, 0.4) is 0 Å². The highest BCUT2D eigenvalue weighted by Gasteiger charge is 2.63. The van der Waals surface area contributed by atoms with Crippen LogP contribution < -0.4 is 0 Å². The molecule has 0 aromatic carbocycles. The lowest BCUT2D eigenvalue weighted by Gasteiger charge is -2.60. The molecule has 0 aromatic rings. The van der Waals surface area contributed by atoms with Gasteiger partial charge >= 0.3 is 11.9 Å². The lowest BCUT2D eigenvalue weighted by atomic mass is 9.46. The maximum atomic E-state index is 12.2. The van der Waals surface area contributed by atoms with Gasteiger partial charge in [-0.2, -0.15) is 0 Å². The molecule has 0 heterocycles. The van der Waals surface area contributed by atoms with Gasteiger partial charge in [-0.25, -0.2) is 0 Å². The van der Waals surface area contributed by atoms with E-state index in [1.807, 2.05) is 0 Å². The second kappa shape index (κ2) is 8.50. The number of allylic oxidation sites excluding steroid dienone is 1. The average Bonchev–Trinajstić information content (AvgIpc) is 3.03. The fourth-order valence-corrected chi connectivity index (χ4v) is 8.91. The molecule has 4 rings (SSSR count). The highest BCUT2D eigenvalue weighted by molar-refractivity contribution is 9.09. The van der Waals surface area contributed by atoms with Gasteiger partial charge in [0.15, 0.2) is 0 Å². The molecule has 5 heteroatoms. The first-order valence-corrected chi connectivity index (χ1v) is 13.3. The van der Waals surface area contributed by atoms with Crippen LogP contribution in [0, 0.1) is 40.4 Å². The van der Waals surface area contributed by atoms with Crippen molar-refractivity contribution < 1.29 is 19.1 Å². The summed E-state index contributed by atoms with van der Waals surface area (Å²) in [6, 6.07) is 0. The van der Waals surface area contributed by atoms with Gasteiger partial charge in [-0.15, -0.1) is 0 Å². The van der Waals surface area contributed by atoms with Crippen molar-refractivity contribution in [2.24, 2.45) is 40.4 Å². The van der Waals surface area contributed by atoms with Crippen LogP contribution in [0.5, 0.6) is 0 Å². The van der Waals surface area contributed by atoms with E-state index in [1.54, 1.807) is 6.92 Å². The van der Waals surface area contributed by atoms with Crippen molar-refractivity contribution >= 4 is 27.9 Å². The highest BCUT2D eigenvalue weighted by atomic mass is 79.9.